The first-order valence-corrected chi connectivity index (χ1v) is 8.41. The van der Waals surface area contributed by atoms with Crippen LogP contribution in [0.4, 0.5) is 13.2 Å². The molecule has 2 N–H and O–H groups in total. The number of aromatic nitrogens is 2. The summed E-state index contributed by atoms with van der Waals surface area (Å²) in [6, 6.07) is 2.68. The van der Waals surface area contributed by atoms with E-state index in [9.17, 15) is 18.0 Å². The molecule has 26 heavy (non-hydrogen) atoms. The van der Waals surface area contributed by atoms with E-state index < -0.39 is 23.5 Å². The number of piperidine rings is 1. The molecule has 0 radical (unpaired) electrons. The van der Waals surface area contributed by atoms with Crippen LogP contribution in [-0.4, -0.2) is 39.9 Å². The molecule has 1 fully saturated rings. The second-order valence-corrected chi connectivity index (χ2v) is 6.43. The fraction of sp³-hybridized carbons (Fsp3) is 0.389. The molecule has 5 nitrogen and oxygen atoms in total. The van der Waals surface area contributed by atoms with Crippen molar-refractivity contribution in [2.75, 3.05) is 13.1 Å². The molecule has 0 spiro atoms. The van der Waals surface area contributed by atoms with Gasteiger partial charge in [0.2, 0.25) is 5.82 Å². The van der Waals surface area contributed by atoms with Crippen LogP contribution in [0.15, 0.2) is 30.6 Å². The van der Waals surface area contributed by atoms with E-state index in [-0.39, 0.29) is 29.6 Å². The van der Waals surface area contributed by atoms with E-state index in [0.717, 1.165) is 6.07 Å². The number of likely N-dealkylation sites (tertiary alicyclic amines) is 1. The number of amides is 1. The molecule has 1 amide bonds. The first-order chi connectivity index (χ1) is 12.5. The molecule has 3 rings (SSSR count). The standard InChI is InChI=1S/C18H19F3N4O/c19-13-8-12(16(21)14(20)10-13)9-15(22)11-2-6-25(7-3-11)18(26)17-23-4-1-5-24-17/h1,4-5,8,10-11,15H,2-3,6-7,9,22H2. The van der Waals surface area contributed by atoms with Crippen molar-refractivity contribution in [3.05, 3.63) is 59.4 Å². The molecule has 2 heterocycles. The average Bonchev–Trinajstić information content (AvgIpc) is 2.66. The van der Waals surface area contributed by atoms with Crippen molar-refractivity contribution >= 4 is 5.91 Å². The Hall–Kier alpha value is -2.48. The number of hydrogen-bond acceptors (Lipinski definition) is 4. The van der Waals surface area contributed by atoms with Gasteiger partial charge in [-0.2, -0.15) is 0 Å². The molecule has 1 saturated heterocycles. The number of benzene rings is 1. The van der Waals surface area contributed by atoms with Crippen molar-refractivity contribution in [2.45, 2.75) is 25.3 Å². The zero-order valence-corrected chi connectivity index (χ0v) is 14.0. The van der Waals surface area contributed by atoms with Crippen molar-refractivity contribution in [3.63, 3.8) is 0 Å². The van der Waals surface area contributed by atoms with E-state index in [1.165, 1.54) is 12.4 Å². The summed E-state index contributed by atoms with van der Waals surface area (Å²) in [5, 5.41) is 0. The van der Waals surface area contributed by atoms with Gasteiger partial charge in [-0.1, -0.05) is 0 Å². The van der Waals surface area contributed by atoms with Gasteiger partial charge >= 0.3 is 0 Å². The van der Waals surface area contributed by atoms with Gasteiger partial charge in [0.15, 0.2) is 11.6 Å². The highest BCUT2D eigenvalue weighted by Gasteiger charge is 2.29. The lowest BCUT2D eigenvalue weighted by Gasteiger charge is -2.34. The van der Waals surface area contributed by atoms with E-state index in [4.69, 9.17) is 5.73 Å². The van der Waals surface area contributed by atoms with Gasteiger partial charge in [-0.05, 0) is 42.9 Å². The summed E-state index contributed by atoms with van der Waals surface area (Å²) >= 11 is 0. The van der Waals surface area contributed by atoms with E-state index in [1.54, 1.807) is 11.0 Å². The SMILES string of the molecule is NC(Cc1cc(F)cc(F)c1F)C1CCN(C(=O)c2ncccn2)CC1. The Balaban J connectivity index is 1.59. The first kappa shape index (κ1) is 18.3. The van der Waals surface area contributed by atoms with Crippen molar-refractivity contribution in [3.8, 4) is 0 Å². The monoisotopic (exact) mass is 364 g/mol. The Morgan fingerprint density at radius 3 is 2.50 bits per heavy atom. The lowest BCUT2D eigenvalue weighted by atomic mass is 9.86. The number of carbonyl (C=O) groups excluding carboxylic acids is 1. The van der Waals surface area contributed by atoms with Crippen LogP contribution in [0.5, 0.6) is 0 Å². The quantitative estimate of drug-likeness (QED) is 0.845. The molecule has 1 aromatic heterocycles. The summed E-state index contributed by atoms with van der Waals surface area (Å²) < 4.78 is 40.4. The predicted octanol–water partition coefficient (Wildman–Crippen LogP) is 2.32. The van der Waals surface area contributed by atoms with Crippen molar-refractivity contribution < 1.29 is 18.0 Å². The number of halogens is 3. The van der Waals surface area contributed by atoms with Crippen LogP contribution >= 0.6 is 0 Å². The van der Waals surface area contributed by atoms with E-state index in [2.05, 4.69) is 9.97 Å². The number of rotatable bonds is 4. The van der Waals surface area contributed by atoms with Gasteiger partial charge in [0.05, 0.1) is 0 Å². The Labute approximate surface area is 149 Å². The van der Waals surface area contributed by atoms with Crippen LogP contribution in [0.3, 0.4) is 0 Å². The third kappa shape index (κ3) is 4.01. The molecule has 1 aliphatic rings. The van der Waals surface area contributed by atoms with Gasteiger partial charge in [-0.3, -0.25) is 4.79 Å². The molecule has 1 atom stereocenters. The van der Waals surface area contributed by atoms with Gasteiger partial charge in [-0.25, -0.2) is 23.1 Å². The summed E-state index contributed by atoms with van der Waals surface area (Å²) in [4.78, 5) is 21.9. The molecular formula is C18H19F3N4O. The van der Waals surface area contributed by atoms with Crippen molar-refractivity contribution in [2.24, 2.45) is 11.7 Å². The maximum absolute atomic E-state index is 13.8. The average molecular weight is 364 g/mol. The highest BCUT2D eigenvalue weighted by molar-refractivity contribution is 5.90. The molecule has 2 aromatic rings. The molecular weight excluding hydrogens is 345 g/mol. The van der Waals surface area contributed by atoms with Gasteiger partial charge < -0.3 is 10.6 Å². The lowest BCUT2D eigenvalue weighted by molar-refractivity contribution is 0.0665. The molecule has 1 aromatic carbocycles. The topological polar surface area (TPSA) is 72.1 Å². The van der Waals surface area contributed by atoms with Gasteiger partial charge in [0.1, 0.15) is 5.82 Å². The van der Waals surface area contributed by atoms with E-state index >= 15 is 0 Å². The Bertz CT molecular complexity index is 780. The number of hydrogen-bond donors (Lipinski definition) is 1. The lowest BCUT2D eigenvalue weighted by Crippen LogP contribution is -2.44. The fourth-order valence-corrected chi connectivity index (χ4v) is 3.26. The molecule has 1 unspecified atom stereocenters. The Kier molecular flexibility index (Phi) is 5.51. The third-order valence-electron chi connectivity index (χ3n) is 4.71. The molecule has 138 valence electrons. The second kappa shape index (κ2) is 7.82. The van der Waals surface area contributed by atoms with Crippen molar-refractivity contribution in [1.82, 2.24) is 14.9 Å². The summed E-state index contributed by atoms with van der Waals surface area (Å²) in [5.74, 6) is -3.16. The van der Waals surface area contributed by atoms with Crippen LogP contribution in [0, 0.1) is 23.4 Å². The molecule has 0 bridgehead atoms. The minimum absolute atomic E-state index is 0.0291. The summed E-state index contributed by atoms with van der Waals surface area (Å²) in [5.41, 5.74) is 6.08. The second-order valence-electron chi connectivity index (χ2n) is 6.43. The van der Waals surface area contributed by atoms with Crippen molar-refractivity contribution in [1.29, 1.82) is 0 Å². The molecule has 0 saturated carbocycles. The van der Waals surface area contributed by atoms with E-state index in [1.807, 2.05) is 0 Å². The largest absolute Gasteiger partial charge is 0.336 e. The highest BCUT2D eigenvalue weighted by Crippen LogP contribution is 2.24. The van der Waals surface area contributed by atoms with Gasteiger partial charge in [0.25, 0.3) is 5.91 Å². The number of nitrogens with zero attached hydrogens (tertiary/aromatic N) is 3. The number of nitrogens with two attached hydrogens (primary N) is 1. The van der Waals surface area contributed by atoms with Crippen LogP contribution in [0.2, 0.25) is 0 Å². The minimum Gasteiger partial charge on any atom is -0.336 e. The summed E-state index contributed by atoms with van der Waals surface area (Å²) in [6.07, 6.45) is 4.31. The normalized spacial score (nSPS) is 16.5. The maximum Gasteiger partial charge on any atom is 0.291 e. The Morgan fingerprint density at radius 1 is 1.19 bits per heavy atom. The zero-order valence-electron chi connectivity index (χ0n) is 14.0. The van der Waals surface area contributed by atoms with Gasteiger partial charge in [0, 0.05) is 37.6 Å². The third-order valence-corrected chi connectivity index (χ3v) is 4.71. The summed E-state index contributed by atoms with van der Waals surface area (Å²) in [6.45, 7) is 0.963. The molecule has 8 heteroatoms. The smallest absolute Gasteiger partial charge is 0.291 e. The molecule has 1 aliphatic heterocycles. The van der Waals surface area contributed by atoms with Crippen LogP contribution in [0.25, 0.3) is 0 Å². The van der Waals surface area contributed by atoms with Gasteiger partial charge in [-0.15, -0.1) is 0 Å². The van der Waals surface area contributed by atoms with Crippen LogP contribution < -0.4 is 5.73 Å². The van der Waals surface area contributed by atoms with Crippen LogP contribution in [0.1, 0.15) is 29.0 Å². The fourth-order valence-electron chi connectivity index (χ4n) is 3.26. The zero-order chi connectivity index (χ0) is 18.7. The molecule has 0 aliphatic carbocycles. The Morgan fingerprint density at radius 2 is 1.85 bits per heavy atom. The number of carbonyl (C=O) groups is 1. The van der Waals surface area contributed by atoms with E-state index in [0.29, 0.717) is 32.0 Å². The predicted molar refractivity (Wildman–Crippen MR) is 88.7 cm³/mol. The summed E-state index contributed by atoms with van der Waals surface area (Å²) in [7, 11) is 0. The highest BCUT2D eigenvalue weighted by atomic mass is 19.2. The first-order valence-electron chi connectivity index (χ1n) is 8.41. The van der Waals surface area contributed by atoms with Crippen LogP contribution in [-0.2, 0) is 6.42 Å². The minimum atomic E-state index is -1.21. The maximum atomic E-state index is 13.8.